The predicted octanol–water partition coefficient (Wildman–Crippen LogP) is 3.16. The summed E-state index contributed by atoms with van der Waals surface area (Å²) in [6.45, 7) is 7.09. The second-order valence-corrected chi connectivity index (χ2v) is 9.49. The first-order chi connectivity index (χ1) is 14.6. The molecule has 2 N–H and O–H groups in total. The SMILES string of the molecule is CC1CCN(C(=O)[C@@H](NC(=O)NC2CCN(CC3CC3)CC2)c2ccccc2)CC1. The van der Waals surface area contributed by atoms with Gasteiger partial charge in [-0.2, -0.15) is 0 Å². The van der Waals surface area contributed by atoms with E-state index in [-0.39, 0.29) is 18.0 Å². The number of urea groups is 1. The monoisotopic (exact) mass is 412 g/mol. The van der Waals surface area contributed by atoms with Crippen LogP contribution in [0.15, 0.2) is 30.3 Å². The average molecular weight is 413 g/mol. The molecule has 0 aromatic heterocycles. The molecule has 2 heterocycles. The van der Waals surface area contributed by atoms with Crippen LogP contribution in [0.4, 0.5) is 4.79 Å². The van der Waals surface area contributed by atoms with Crippen molar-refractivity contribution in [1.29, 1.82) is 0 Å². The van der Waals surface area contributed by atoms with Gasteiger partial charge in [0.2, 0.25) is 5.91 Å². The Morgan fingerprint density at radius 3 is 2.27 bits per heavy atom. The molecule has 164 valence electrons. The molecule has 0 radical (unpaired) electrons. The molecule has 1 aromatic rings. The zero-order valence-corrected chi connectivity index (χ0v) is 18.2. The van der Waals surface area contributed by atoms with Crippen LogP contribution < -0.4 is 10.6 Å². The second kappa shape index (κ2) is 9.82. The number of piperidine rings is 2. The molecule has 1 atom stereocenters. The number of carbonyl (C=O) groups excluding carboxylic acids is 2. The van der Waals surface area contributed by atoms with E-state index in [2.05, 4.69) is 22.5 Å². The molecule has 2 aliphatic heterocycles. The van der Waals surface area contributed by atoms with Crippen molar-refractivity contribution in [2.75, 3.05) is 32.7 Å². The largest absolute Gasteiger partial charge is 0.341 e. The summed E-state index contributed by atoms with van der Waals surface area (Å²) in [6, 6.07) is 8.94. The topological polar surface area (TPSA) is 64.7 Å². The Hall–Kier alpha value is -2.08. The molecule has 3 fully saturated rings. The summed E-state index contributed by atoms with van der Waals surface area (Å²) in [6.07, 6.45) is 6.77. The lowest BCUT2D eigenvalue weighted by Crippen LogP contribution is -2.51. The van der Waals surface area contributed by atoms with E-state index >= 15 is 0 Å². The first-order valence-corrected chi connectivity index (χ1v) is 11.7. The molecule has 6 nitrogen and oxygen atoms in total. The summed E-state index contributed by atoms with van der Waals surface area (Å²) in [5, 5.41) is 6.11. The molecule has 0 spiro atoms. The normalized spacial score (nSPS) is 22.5. The first kappa shape index (κ1) is 21.2. The summed E-state index contributed by atoms with van der Waals surface area (Å²) in [5.74, 6) is 1.57. The van der Waals surface area contributed by atoms with Crippen LogP contribution in [0.3, 0.4) is 0 Å². The summed E-state index contributed by atoms with van der Waals surface area (Å²) >= 11 is 0. The van der Waals surface area contributed by atoms with Crippen molar-refractivity contribution < 1.29 is 9.59 Å². The van der Waals surface area contributed by atoms with Gasteiger partial charge in [0.05, 0.1) is 0 Å². The van der Waals surface area contributed by atoms with E-state index in [0.29, 0.717) is 5.92 Å². The highest BCUT2D eigenvalue weighted by atomic mass is 16.2. The fraction of sp³-hybridized carbons (Fsp3) is 0.667. The van der Waals surface area contributed by atoms with E-state index < -0.39 is 6.04 Å². The number of nitrogens with zero attached hydrogens (tertiary/aromatic N) is 2. The van der Waals surface area contributed by atoms with Gasteiger partial charge < -0.3 is 20.4 Å². The van der Waals surface area contributed by atoms with Crippen LogP contribution in [-0.2, 0) is 4.79 Å². The Labute approximate surface area is 180 Å². The van der Waals surface area contributed by atoms with Crippen LogP contribution in [0.25, 0.3) is 0 Å². The lowest BCUT2D eigenvalue weighted by molar-refractivity contribution is -0.134. The smallest absolute Gasteiger partial charge is 0.315 e. The first-order valence-electron chi connectivity index (χ1n) is 11.7. The average Bonchev–Trinajstić information content (AvgIpc) is 3.58. The van der Waals surface area contributed by atoms with Crippen LogP contribution in [0.1, 0.15) is 57.1 Å². The van der Waals surface area contributed by atoms with Gasteiger partial charge in [-0.3, -0.25) is 4.79 Å². The Bertz CT molecular complexity index is 705. The van der Waals surface area contributed by atoms with Crippen LogP contribution in [0.2, 0.25) is 0 Å². The number of nitrogens with one attached hydrogen (secondary N) is 2. The van der Waals surface area contributed by atoms with Gasteiger partial charge in [-0.1, -0.05) is 37.3 Å². The maximum atomic E-state index is 13.3. The van der Waals surface area contributed by atoms with Crippen LogP contribution in [-0.4, -0.2) is 60.5 Å². The molecule has 1 aromatic carbocycles. The zero-order chi connectivity index (χ0) is 20.9. The minimum absolute atomic E-state index is 0.00232. The molecular weight excluding hydrogens is 376 g/mol. The van der Waals surface area contributed by atoms with E-state index in [1.807, 2.05) is 35.2 Å². The van der Waals surface area contributed by atoms with E-state index in [0.717, 1.165) is 63.3 Å². The summed E-state index contributed by atoms with van der Waals surface area (Å²) in [7, 11) is 0. The molecular formula is C24H36N4O2. The van der Waals surface area contributed by atoms with E-state index in [1.54, 1.807) is 0 Å². The van der Waals surface area contributed by atoms with Gasteiger partial charge >= 0.3 is 6.03 Å². The lowest BCUT2D eigenvalue weighted by Gasteiger charge is -2.34. The van der Waals surface area contributed by atoms with Gasteiger partial charge in [-0.25, -0.2) is 4.79 Å². The number of rotatable bonds is 6. The highest BCUT2D eigenvalue weighted by Crippen LogP contribution is 2.30. The molecule has 6 heteroatoms. The molecule has 1 aliphatic carbocycles. The summed E-state index contributed by atoms with van der Waals surface area (Å²) in [5.41, 5.74) is 0.843. The third kappa shape index (κ3) is 5.75. The van der Waals surface area contributed by atoms with E-state index in [1.165, 1.54) is 19.4 Å². The molecule has 0 unspecified atom stereocenters. The molecule has 1 saturated carbocycles. The number of amides is 3. The highest BCUT2D eigenvalue weighted by molar-refractivity contribution is 5.88. The Balaban J connectivity index is 1.33. The number of benzene rings is 1. The van der Waals surface area contributed by atoms with Gasteiger partial charge in [0.1, 0.15) is 6.04 Å². The lowest BCUT2D eigenvalue weighted by atomic mass is 9.97. The fourth-order valence-corrected chi connectivity index (χ4v) is 4.63. The third-order valence-corrected chi connectivity index (χ3v) is 6.89. The van der Waals surface area contributed by atoms with Crippen LogP contribution in [0.5, 0.6) is 0 Å². The number of hydrogen-bond acceptors (Lipinski definition) is 3. The molecule has 2 saturated heterocycles. The van der Waals surface area contributed by atoms with Crippen LogP contribution in [0, 0.1) is 11.8 Å². The van der Waals surface area contributed by atoms with Crippen molar-refractivity contribution in [2.24, 2.45) is 11.8 Å². The third-order valence-electron chi connectivity index (χ3n) is 6.89. The van der Waals surface area contributed by atoms with E-state index in [4.69, 9.17) is 0 Å². The Kier molecular flexibility index (Phi) is 6.93. The van der Waals surface area contributed by atoms with E-state index in [9.17, 15) is 9.59 Å². The standard InChI is InChI=1S/C24H36N4O2/c1-18-9-15-28(16-10-18)23(29)22(20-5-3-2-4-6-20)26-24(30)25-21-11-13-27(14-12-21)17-19-7-8-19/h2-6,18-19,21-22H,7-17H2,1H3,(H2,25,26,30)/t22-/m0/s1. The van der Waals surface area contributed by atoms with Gasteiger partial charge in [0.25, 0.3) is 0 Å². The van der Waals surface area contributed by atoms with Crippen molar-refractivity contribution in [2.45, 2.75) is 57.5 Å². The second-order valence-electron chi connectivity index (χ2n) is 9.49. The molecule has 30 heavy (non-hydrogen) atoms. The minimum Gasteiger partial charge on any atom is -0.341 e. The van der Waals surface area contributed by atoms with Crippen molar-refractivity contribution in [3.8, 4) is 0 Å². The van der Waals surface area contributed by atoms with Crippen molar-refractivity contribution in [1.82, 2.24) is 20.4 Å². The number of likely N-dealkylation sites (tertiary alicyclic amines) is 2. The maximum Gasteiger partial charge on any atom is 0.315 e. The highest BCUT2D eigenvalue weighted by Gasteiger charge is 2.31. The maximum absolute atomic E-state index is 13.3. The van der Waals surface area contributed by atoms with Gasteiger partial charge in [-0.15, -0.1) is 0 Å². The molecule has 3 aliphatic rings. The van der Waals surface area contributed by atoms with Gasteiger partial charge in [0, 0.05) is 38.8 Å². The molecule has 3 amide bonds. The summed E-state index contributed by atoms with van der Waals surface area (Å²) < 4.78 is 0. The fourth-order valence-electron chi connectivity index (χ4n) is 4.63. The Morgan fingerprint density at radius 2 is 1.63 bits per heavy atom. The van der Waals surface area contributed by atoms with Crippen LogP contribution >= 0.6 is 0 Å². The van der Waals surface area contributed by atoms with Gasteiger partial charge in [-0.05, 0) is 55.9 Å². The van der Waals surface area contributed by atoms with Gasteiger partial charge in [0.15, 0.2) is 0 Å². The van der Waals surface area contributed by atoms with Crippen molar-refractivity contribution in [3.05, 3.63) is 35.9 Å². The van der Waals surface area contributed by atoms with Crippen molar-refractivity contribution >= 4 is 11.9 Å². The Morgan fingerprint density at radius 1 is 0.967 bits per heavy atom. The predicted molar refractivity (Wildman–Crippen MR) is 118 cm³/mol. The number of hydrogen-bond donors (Lipinski definition) is 2. The minimum atomic E-state index is -0.630. The zero-order valence-electron chi connectivity index (χ0n) is 18.2. The quantitative estimate of drug-likeness (QED) is 0.754. The molecule has 0 bridgehead atoms. The summed E-state index contributed by atoms with van der Waals surface area (Å²) in [4.78, 5) is 30.5. The number of carbonyl (C=O) groups is 2. The van der Waals surface area contributed by atoms with Crippen molar-refractivity contribution in [3.63, 3.8) is 0 Å². The molecule has 4 rings (SSSR count).